The Kier molecular flexibility index (Phi) is 5.40. The zero-order valence-corrected chi connectivity index (χ0v) is 12.6. The van der Waals surface area contributed by atoms with Gasteiger partial charge in [-0.2, -0.15) is 4.31 Å². The Bertz CT molecular complexity index is 532. The van der Waals surface area contributed by atoms with E-state index in [0.29, 0.717) is 25.5 Å². The number of rotatable bonds is 5. The number of aliphatic hydroxyl groups excluding tert-OH is 1. The number of morpholine rings is 1. The second-order valence-corrected chi connectivity index (χ2v) is 6.94. The summed E-state index contributed by atoms with van der Waals surface area (Å²) < 4.78 is 31.6. The molecule has 1 aliphatic rings. The first-order valence-electron chi connectivity index (χ1n) is 6.45. The van der Waals surface area contributed by atoms with Crippen molar-refractivity contribution in [1.29, 1.82) is 0 Å². The van der Waals surface area contributed by atoms with Crippen molar-refractivity contribution in [3.8, 4) is 0 Å². The molecular formula is C13H18ClNO4S. The number of sulfonamides is 1. The molecular weight excluding hydrogens is 302 g/mol. The van der Waals surface area contributed by atoms with Crippen LogP contribution in [-0.2, 0) is 21.2 Å². The van der Waals surface area contributed by atoms with Gasteiger partial charge in [-0.3, -0.25) is 0 Å². The summed E-state index contributed by atoms with van der Waals surface area (Å²) in [6.45, 7) is 0.611. The van der Waals surface area contributed by atoms with Crippen molar-refractivity contribution in [3.05, 3.63) is 29.8 Å². The Hall–Kier alpha value is -0.660. The van der Waals surface area contributed by atoms with Crippen LogP contribution in [0.4, 0.5) is 0 Å². The van der Waals surface area contributed by atoms with Crippen molar-refractivity contribution >= 4 is 21.6 Å². The lowest BCUT2D eigenvalue weighted by molar-refractivity contribution is -0.0304. The van der Waals surface area contributed by atoms with Crippen LogP contribution in [-0.4, -0.2) is 56.1 Å². The molecule has 1 unspecified atom stereocenters. The first kappa shape index (κ1) is 15.7. The molecule has 1 heterocycles. The van der Waals surface area contributed by atoms with Crippen molar-refractivity contribution in [2.75, 3.05) is 32.2 Å². The van der Waals surface area contributed by atoms with Gasteiger partial charge in [-0.1, -0.05) is 12.1 Å². The molecule has 112 valence electrons. The second-order valence-electron chi connectivity index (χ2n) is 4.62. The molecule has 5 nitrogen and oxygen atoms in total. The molecule has 1 atom stereocenters. The van der Waals surface area contributed by atoms with Crippen molar-refractivity contribution in [3.63, 3.8) is 0 Å². The average molecular weight is 320 g/mol. The van der Waals surface area contributed by atoms with Crippen LogP contribution in [0.1, 0.15) is 5.56 Å². The minimum Gasteiger partial charge on any atom is -0.394 e. The molecule has 1 fully saturated rings. The number of aryl methyl sites for hydroxylation is 1. The molecule has 0 saturated carbocycles. The average Bonchev–Trinajstić information content (AvgIpc) is 2.48. The normalized spacial score (nSPS) is 21.0. The first-order chi connectivity index (χ1) is 9.57. The maximum absolute atomic E-state index is 12.5. The highest BCUT2D eigenvalue weighted by atomic mass is 35.5. The molecule has 1 aromatic rings. The maximum atomic E-state index is 12.5. The maximum Gasteiger partial charge on any atom is 0.243 e. The van der Waals surface area contributed by atoms with Gasteiger partial charge in [0, 0.05) is 19.0 Å². The van der Waals surface area contributed by atoms with Gasteiger partial charge in [0.25, 0.3) is 0 Å². The highest BCUT2D eigenvalue weighted by Gasteiger charge is 2.30. The van der Waals surface area contributed by atoms with Gasteiger partial charge < -0.3 is 9.84 Å². The molecule has 1 saturated heterocycles. The topological polar surface area (TPSA) is 66.8 Å². The van der Waals surface area contributed by atoms with Crippen LogP contribution in [0.5, 0.6) is 0 Å². The van der Waals surface area contributed by atoms with Crippen molar-refractivity contribution in [2.45, 2.75) is 17.4 Å². The number of nitrogens with zero attached hydrogens (tertiary/aromatic N) is 1. The molecule has 20 heavy (non-hydrogen) atoms. The third kappa shape index (κ3) is 3.51. The van der Waals surface area contributed by atoms with E-state index in [0.717, 1.165) is 5.56 Å². The number of hydrogen-bond acceptors (Lipinski definition) is 4. The molecule has 1 N–H and O–H groups in total. The highest BCUT2D eigenvalue weighted by Crippen LogP contribution is 2.19. The number of alkyl halides is 1. The summed E-state index contributed by atoms with van der Waals surface area (Å²) in [5, 5.41) is 9.08. The van der Waals surface area contributed by atoms with E-state index in [9.17, 15) is 8.42 Å². The van der Waals surface area contributed by atoms with Gasteiger partial charge >= 0.3 is 0 Å². The molecule has 0 aliphatic carbocycles. The Labute approximate surface area is 124 Å². The molecule has 0 bridgehead atoms. The van der Waals surface area contributed by atoms with Crippen LogP contribution < -0.4 is 0 Å². The van der Waals surface area contributed by atoms with Gasteiger partial charge in [0.1, 0.15) is 0 Å². The molecule has 0 spiro atoms. The first-order valence-corrected chi connectivity index (χ1v) is 8.43. The van der Waals surface area contributed by atoms with Crippen LogP contribution in [0.2, 0.25) is 0 Å². The predicted molar refractivity (Wildman–Crippen MR) is 76.5 cm³/mol. The Balaban J connectivity index is 2.16. The standard InChI is InChI=1S/C13H18ClNO4S/c14-6-5-11-1-3-13(4-2-11)20(17,18)15-7-8-19-12(9-15)10-16/h1-4,12,16H,5-10H2. The molecule has 0 radical (unpaired) electrons. The Morgan fingerprint density at radius 3 is 2.65 bits per heavy atom. The van der Waals surface area contributed by atoms with E-state index in [2.05, 4.69) is 0 Å². The zero-order valence-electron chi connectivity index (χ0n) is 11.0. The summed E-state index contributed by atoms with van der Waals surface area (Å²) in [6, 6.07) is 6.75. The summed E-state index contributed by atoms with van der Waals surface area (Å²) in [6.07, 6.45) is 0.264. The van der Waals surface area contributed by atoms with Gasteiger partial charge in [0.2, 0.25) is 10.0 Å². The van der Waals surface area contributed by atoms with Gasteiger partial charge in [0.05, 0.1) is 24.2 Å². The van der Waals surface area contributed by atoms with Crippen molar-refractivity contribution < 1.29 is 18.3 Å². The molecule has 1 aliphatic heterocycles. The third-order valence-corrected chi connectivity index (χ3v) is 5.32. The lowest BCUT2D eigenvalue weighted by atomic mass is 10.2. The van der Waals surface area contributed by atoms with Gasteiger partial charge in [-0.15, -0.1) is 11.6 Å². The third-order valence-electron chi connectivity index (χ3n) is 3.25. The monoisotopic (exact) mass is 319 g/mol. The van der Waals surface area contributed by atoms with Crippen LogP contribution in [0.3, 0.4) is 0 Å². The van der Waals surface area contributed by atoms with E-state index in [1.807, 2.05) is 0 Å². The van der Waals surface area contributed by atoms with Gasteiger partial charge in [-0.05, 0) is 24.1 Å². The van der Waals surface area contributed by atoms with E-state index in [4.69, 9.17) is 21.4 Å². The number of benzene rings is 1. The number of halogens is 1. The summed E-state index contributed by atoms with van der Waals surface area (Å²) in [4.78, 5) is 0.259. The molecule has 0 amide bonds. The fourth-order valence-corrected chi connectivity index (χ4v) is 3.78. The number of hydrogen-bond donors (Lipinski definition) is 1. The van der Waals surface area contributed by atoms with E-state index in [1.54, 1.807) is 24.3 Å². The minimum absolute atomic E-state index is 0.180. The van der Waals surface area contributed by atoms with E-state index < -0.39 is 16.1 Å². The molecule has 1 aromatic carbocycles. The predicted octanol–water partition coefficient (Wildman–Crippen LogP) is 0.850. The van der Waals surface area contributed by atoms with Gasteiger partial charge in [-0.25, -0.2) is 8.42 Å². The quantitative estimate of drug-likeness (QED) is 0.817. The van der Waals surface area contributed by atoms with Crippen molar-refractivity contribution in [2.24, 2.45) is 0 Å². The van der Waals surface area contributed by atoms with Gasteiger partial charge in [0.15, 0.2) is 0 Å². The minimum atomic E-state index is -3.53. The lowest BCUT2D eigenvalue weighted by Crippen LogP contribution is -2.46. The summed E-state index contributed by atoms with van der Waals surface area (Å²) in [5.41, 5.74) is 1.01. The molecule has 7 heteroatoms. The van der Waals surface area contributed by atoms with E-state index >= 15 is 0 Å². The largest absolute Gasteiger partial charge is 0.394 e. The molecule has 0 aromatic heterocycles. The summed E-state index contributed by atoms with van der Waals surface area (Å²) in [7, 11) is -3.53. The highest BCUT2D eigenvalue weighted by molar-refractivity contribution is 7.89. The second kappa shape index (κ2) is 6.87. The van der Waals surface area contributed by atoms with Crippen LogP contribution in [0.15, 0.2) is 29.2 Å². The Morgan fingerprint density at radius 2 is 2.05 bits per heavy atom. The SMILES string of the molecule is O=S(=O)(c1ccc(CCCl)cc1)N1CCOC(CO)C1. The molecule has 2 rings (SSSR count). The van der Waals surface area contributed by atoms with Crippen LogP contribution in [0.25, 0.3) is 0 Å². The van der Waals surface area contributed by atoms with Crippen molar-refractivity contribution in [1.82, 2.24) is 4.31 Å². The van der Waals surface area contributed by atoms with E-state index in [-0.39, 0.29) is 18.0 Å². The van der Waals surface area contributed by atoms with Crippen LogP contribution in [0, 0.1) is 0 Å². The Morgan fingerprint density at radius 1 is 1.35 bits per heavy atom. The fourth-order valence-electron chi connectivity index (χ4n) is 2.11. The number of aliphatic hydroxyl groups is 1. The zero-order chi connectivity index (χ0) is 14.6. The van der Waals surface area contributed by atoms with Crippen LogP contribution >= 0.6 is 11.6 Å². The summed E-state index contributed by atoms with van der Waals surface area (Å²) >= 11 is 5.66. The lowest BCUT2D eigenvalue weighted by Gasteiger charge is -2.31. The summed E-state index contributed by atoms with van der Waals surface area (Å²) in [5.74, 6) is 0.508. The van der Waals surface area contributed by atoms with E-state index in [1.165, 1.54) is 4.31 Å². The fraction of sp³-hybridized carbons (Fsp3) is 0.538. The smallest absolute Gasteiger partial charge is 0.243 e. The number of ether oxygens (including phenoxy) is 1.